The van der Waals surface area contributed by atoms with Crippen LogP contribution in [0.5, 0.6) is 0 Å². The van der Waals surface area contributed by atoms with E-state index in [0.717, 1.165) is 5.56 Å². The number of halogens is 3. The number of aryl methyl sites for hydroxylation is 1. The third kappa shape index (κ3) is 4.89. The maximum absolute atomic E-state index is 12.2. The highest BCUT2D eigenvalue weighted by molar-refractivity contribution is 5.70. The summed E-state index contributed by atoms with van der Waals surface area (Å²) in [6.07, 6.45) is -5.85. The predicted molar refractivity (Wildman–Crippen MR) is 56.7 cm³/mol. The average Bonchev–Trinajstić information content (AvgIpc) is 2.18. The Labute approximate surface area is 97.1 Å². The SMILES string of the molecule is Cc1ccc(CC(CC(F)(F)F)C(=O)O)cc1. The molecule has 0 spiro atoms. The molecule has 0 radical (unpaired) electrons. The molecule has 0 aliphatic heterocycles. The van der Waals surface area contributed by atoms with Crippen LogP contribution in [0.2, 0.25) is 0 Å². The summed E-state index contributed by atoms with van der Waals surface area (Å²) in [5.41, 5.74) is 1.59. The van der Waals surface area contributed by atoms with Crippen LogP contribution in [0.25, 0.3) is 0 Å². The molecular formula is C12H13F3O2. The minimum Gasteiger partial charge on any atom is -0.481 e. The molecule has 2 nitrogen and oxygen atoms in total. The largest absolute Gasteiger partial charge is 0.481 e. The van der Waals surface area contributed by atoms with Gasteiger partial charge >= 0.3 is 12.1 Å². The number of alkyl halides is 3. The van der Waals surface area contributed by atoms with Gasteiger partial charge in [0.25, 0.3) is 0 Å². The molecule has 0 bridgehead atoms. The Morgan fingerprint density at radius 1 is 1.29 bits per heavy atom. The zero-order chi connectivity index (χ0) is 13.1. The molecule has 0 heterocycles. The number of carbonyl (C=O) groups is 1. The molecule has 1 atom stereocenters. The van der Waals surface area contributed by atoms with E-state index >= 15 is 0 Å². The van der Waals surface area contributed by atoms with Gasteiger partial charge in [-0.3, -0.25) is 4.79 Å². The van der Waals surface area contributed by atoms with E-state index < -0.39 is 24.5 Å². The van der Waals surface area contributed by atoms with Crippen molar-refractivity contribution >= 4 is 5.97 Å². The number of carboxylic acids is 1. The van der Waals surface area contributed by atoms with Crippen LogP contribution in [0.3, 0.4) is 0 Å². The van der Waals surface area contributed by atoms with Gasteiger partial charge in [-0.2, -0.15) is 13.2 Å². The molecule has 1 rings (SSSR count). The van der Waals surface area contributed by atoms with Gasteiger partial charge in [-0.1, -0.05) is 29.8 Å². The fourth-order valence-corrected chi connectivity index (χ4v) is 1.53. The van der Waals surface area contributed by atoms with Crippen LogP contribution >= 0.6 is 0 Å². The molecule has 0 saturated heterocycles. The fourth-order valence-electron chi connectivity index (χ4n) is 1.53. The molecule has 0 amide bonds. The second-order valence-corrected chi connectivity index (χ2v) is 4.04. The van der Waals surface area contributed by atoms with Crippen molar-refractivity contribution in [3.63, 3.8) is 0 Å². The second kappa shape index (κ2) is 5.21. The Hall–Kier alpha value is -1.52. The van der Waals surface area contributed by atoms with E-state index in [0.29, 0.717) is 5.56 Å². The van der Waals surface area contributed by atoms with Crippen LogP contribution in [0.1, 0.15) is 17.5 Å². The zero-order valence-electron chi connectivity index (χ0n) is 9.29. The monoisotopic (exact) mass is 246 g/mol. The molecule has 1 N–H and O–H groups in total. The van der Waals surface area contributed by atoms with E-state index in [9.17, 15) is 18.0 Å². The van der Waals surface area contributed by atoms with E-state index in [1.54, 1.807) is 24.3 Å². The quantitative estimate of drug-likeness (QED) is 0.885. The molecule has 1 aromatic rings. The third-order valence-corrected chi connectivity index (χ3v) is 2.43. The van der Waals surface area contributed by atoms with Crippen molar-refractivity contribution in [2.45, 2.75) is 25.9 Å². The first kappa shape index (κ1) is 13.5. The summed E-state index contributed by atoms with van der Waals surface area (Å²) in [6, 6.07) is 6.81. The van der Waals surface area contributed by atoms with Crippen LogP contribution in [-0.4, -0.2) is 17.3 Å². The van der Waals surface area contributed by atoms with Gasteiger partial charge in [-0.25, -0.2) is 0 Å². The number of benzene rings is 1. The standard InChI is InChI=1S/C12H13F3O2/c1-8-2-4-9(5-3-8)6-10(11(16)17)7-12(13,14)15/h2-5,10H,6-7H2,1H3,(H,16,17). The minimum absolute atomic E-state index is 0.102. The molecule has 17 heavy (non-hydrogen) atoms. The lowest BCUT2D eigenvalue weighted by molar-refractivity contribution is -0.163. The van der Waals surface area contributed by atoms with E-state index in [2.05, 4.69) is 0 Å². The van der Waals surface area contributed by atoms with Crippen molar-refractivity contribution in [3.8, 4) is 0 Å². The Kier molecular flexibility index (Phi) is 4.15. The number of rotatable bonds is 4. The summed E-state index contributed by atoms with van der Waals surface area (Å²) >= 11 is 0. The van der Waals surface area contributed by atoms with Gasteiger partial charge in [0, 0.05) is 0 Å². The molecule has 1 aromatic carbocycles. The molecule has 0 saturated carbocycles. The van der Waals surface area contributed by atoms with E-state index in [-0.39, 0.29) is 6.42 Å². The molecule has 0 aromatic heterocycles. The molecule has 0 aliphatic rings. The van der Waals surface area contributed by atoms with Gasteiger partial charge in [-0.15, -0.1) is 0 Å². The van der Waals surface area contributed by atoms with Crippen LogP contribution in [-0.2, 0) is 11.2 Å². The van der Waals surface area contributed by atoms with Crippen molar-refractivity contribution in [2.24, 2.45) is 5.92 Å². The summed E-state index contributed by atoms with van der Waals surface area (Å²) < 4.78 is 36.5. The highest BCUT2D eigenvalue weighted by Gasteiger charge is 2.35. The topological polar surface area (TPSA) is 37.3 Å². The third-order valence-electron chi connectivity index (χ3n) is 2.43. The van der Waals surface area contributed by atoms with Crippen LogP contribution in [0, 0.1) is 12.8 Å². The fraction of sp³-hybridized carbons (Fsp3) is 0.417. The molecule has 0 aliphatic carbocycles. The minimum atomic E-state index is -4.45. The van der Waals surface area contributed by atoms with E-state index in [4.69, 9.17) is 5.11 Å². The lowest BCUT2D eigenvalue weighted by atomic mass is 9.95. The number of hydrogen-bond acceptors (Lipinski definition) is 1. The molecule has 5 heteroatoms. The molecular weight excluding hydrogens is 233 g/mol. The van der Waals surface area contributed by atoms with Crippen molar-refractivity contribution in [2.75, 3.05) is 0 Å². The van der Waals surface area contributed by atoms with Crippen LogP contribution in [0.15, 0.2) is 24.3 Å². The summed E-state index contributed by atoms with van der Waals surface area (Å²) in [7, 11) is 0. The van der Waals surface area contributed by atoms with E-state index in [1.807, 2.05) is 6.92 Å². The number of carboxylic acid groups (broad SMARTS) is 1. The normalized spacial score (nSPS) is 13.4. The first-order valence-corrected chi connectivity index (χ1v) is 5.13. The summed E-state index contributed by atoms with van der Waals surface area (Å²) in [6.45, 7) is 1.86. The highest BCUT2D eigenvalue weighted by atomic mass is 19.4. The average molecular weight is 246 g/mol. The lowest BCUT2D eigenvalue weighted by Gasteiger charge is -2.14. The number of hydrogen-bond donors (Lipinski definition) is 1. The first-order valence-electron chi connectivity index (χ1n) is 5.13. The highest BCUT2D eigenvalue weighted by Crippen LogP contribution is 2.27. The van der Waals surface area contributed by atoms with Crippen molar-refractivity contribution < 1.29 is 23.1 Å². The van der Waals surface area contributed by atoms with Gasteiger partial charge in [0.05, 0.1) is 12.3 Å². The Balaban J connectivity index is 2.73. The summed E-state index contributed by atoms with van der Waals surface area (Å²) in [5.74, 6) is -2.83. The first-order chi connectivity index (χ1) is 7.78. The lowest BCUT2D eigenvalue weighted by Crippen LogP contribution is -2.24. The van der Waals surface area contributed by atoms with Gasteiger partial charge in [0.1, 0.15) is 0 Å². The maximum atomic E-state index is 12.2. The second-order valence-electron chi connectivity index (χ2n) is 4.04. The number of aliphatic carboxylic acids is 1. The van der Waals surface area contributed by atoms with Crippen LogP contribution < -0.4 is 0 Å². The van der Waals surface area contributed by atoms with Crippen LogP contribution in [0.4, 0.5) is 13.2 Å². The van der Waals surface area contributed by atoms with Crippen molar-refractivity contribution in [1.82, 2.24) is 0 Å². The summed E-state index contributed by atoms with van der Waals surface area (Å²) in [5, 5.41) is 8.75. The van der Waals surface area contributed by atoms with Gasteiger partial charge in [0.2, 0.25) is 0 Å². The Morgan fingerprint density at radius 3 is 2.24 bits per heavy atom. The zero-order valence-corrected chi connectivity index (χ0v) is 9.29. The van der Waals surface area contributed by atoms with Crippen molar-refractivity contribution in [1.29, 1.82) is 0 Å². The van der Waals surface area contributed by atoms with Crippen molar-refractivity contribution in [3.05, 3.63) is 35.4 Å². The predicted octanol–water partition coefficient (Wildman–Crippen LogP) is 3.19. The Morgan fingerprint density at radius 2 is 1.82 bits per heavy atom. The van der Waals surface area contributed by atoms with Gasteiger partial charge < -0.3 is 5.11 Å². The molecule has 94 valence electrons. The smallest absolute Gasteiger partial charge is 0.389 e. The Bertz CT molecular complexity index is 382. The van der Waals surface area contributed by atoms with E-state index in [1.165, 1.54) is 0 Å². The molecule has 1 unspecified atom stereocenters. The summed E-state index contributed by atoms with van der Waals surface area (Å²) in [4.78, 5) is 10.7. The van der Waals surface area contributed by atoms with Gasteiger partial charge in [-0.05, 0) is 18.9 Å². The maximum Gasteiger partial charge on any atom is 0.389 e. The van der Waals surface area contributed by atoms with Gasteiger partial charge in [0.15, 0.2) is 0 Å². The molecule has 0 fully saturated rings.